The molecule has 3 rings (SSSR count). The van der Waals surface area contributed by atoms with Crippen molar-refractivity contribution < 1.29 is 18.0 Å². The van der Waals surface area contributed by atoms with Crippen molar-refractivity contribution in [2.24, 2.45) is 0 Å². The first-order valence-electron chi connectivity index (χ1n) is 8.03. The Kier molecular flexibility index (Phi) is 5.53. The third-order valence-electron chi connectivity index (χ3n) is 3.97. The van der Waals surface area contributed by atoms with E-state index in [1.165, 1.54) is 12.1 Å². The van der Waals surface area contributed by atoms with Crippen molar-refractivity contribution in [3.8, 4) is 0 Å². The lowest BCUT2D eigenvalue weighted by molar-refractivity contribution is -0.137. The van der Waals surface area contributed by atoms with Crippen molar-refractivity contribution in [3.63, 3.8) is 0 Å². The Labute approximate surface area is 151 Å². The van der Waals surface area contributed by atoms with Gasteiger partial charge in [-0.2, -0.15) is 13.2 Å². The molecule has 0 aromatic heterocycles. The number of benzene rings is 3. The highest BCUT2D eigenvalue weighted by atomic mass is 31.1. The van der Waals surface area contributed by atoms with Crippen LogP contribution in [0.3, 0.4) is 0 Å². The van der Waals surface area contributed by atoms with Gasteiger partial charge >= 0.3 is 6.18 Å². The molecule has 0 saturated carbocycles. The quantitative estimate of drug-likeness (QED) is 0.454. The van der Waals surface area contributed by atoms with Crippen LogP contribution in [0, 0.1) is 0 Å². The lowest BCUT2D eigenvalue weighted by Gasteiger charge is -2.18. The lowest BCUT2D eigenvalue weighted by atomic mass is 10.1. The second kappa shape index (κ2) is 7.84. The Bertz CT molecular complexity index is 820. The van der Waals surface area contributed by atoms with Gasteiger partial charge in [-0.25, -0.2) is 0 Å². The number of carbonyl (C=O) groups excluding carboxylic acids is 1. The third kappa shape index (κ3) is 4.39. The summed E-state index contributed by atoms with van der Waals surface area (Å²) < 4.78 is 38.1. The van der Waals surface area contributed by atoms with Crippen molar-refractivity contribution in [2.75, 3.05) is 6.16 Å². The van der Waals surface area contributed by atoms with Crippen LogP contribution in [0.1, 0.15) is 15.9 Å². The number of Topliss-reactive ketones (excluding diaryl/α,β-unsaturated/α-hetero) is 1. The summed E-state index contributed by atoms with van der Waals surface area (Å²) in [5.74, 6) is -0.155. The summed E-state index contributed by atoms with van der Waals surface area (Å²) in [5, 5.41) is 2.13. The number of alkyl halides is 3. The van der Waals surface area contributed by atoms with Crippen LogP contribution in [0.15, 0.2) is 84.9 Å². The van der Waals surface area contributed by atoms with Crippen LogP contribution in [0.5, 0.6) is 0 Å². The van der Waals surface area contributed by atoms with Gasteiger partial charge in [0.15, 0.2) is 5.78 Å². The van der Waals surface area contributed by atoms with E-state index >= 15 is 0 Å². The first-order chi connectivity index (χ1) is 12.4. The van der Waals surface area contributed by atoms with Crippen molar-refractivity contribution in [1.82, 2.24) is 0 Å². The highest BCUT2D eigenvalue weighted by Gasteiger charge is 2.30. The molecule has 0 bridgehead atoms. The summed E-state index contributed by atoms with van der Waals surface area (Å²) in [7, 11) is -0.916. The summed E-state index contributed by atoms with van der Waals surface area (Å²) in [5.41, 5.74) is -0.445. The minimum absolute atomic E-state index is 0.155. The Morgan fingerprint density at radius 1 is 0.731 bits per heavy atom. The van der Waals surface area contributed by atoms with Gasteiger partial charge in [0, 0.05) is 11.7 Å². The Morgan fingerprint density at radius 3 is 1.62 bits per heavy atom. The molecular weight excluding hydrogens is 356 g/mol. The first-order valence-corrected chi connectivity index (χ1v) is 9.56. The van der Waals surface area contributed by atoms with E-state index in [9.17, 15) is 18.0 Å². The molecule has 3 aromatic rings. The number of carbonyl (C=O) groups is 1. The van der Waals surface area contributed by atoms with E-state index in [4.69, 9.17) is 0 Å². The molecule has 0 amide bonds. The summed E-state index contributed by atoms with van der Waals surface area (Å²) in [6.45, 7) is 0. The highest BCUT2D eigenvalue weighted by Crippen LogP contribution is 2.35. The van der Waals surface area contributed by atoms with Gasteiger partial charge in [0.05, 0.1) is 5.56 Å². The summed E-state index contributed by atoms with van der Waals surface area (Å²) >= 11 is 0. The van der Waals surface area contributed by atoms with Crippen LogP contribution >= 0.6 is 7.92 Å². The van der Waals surface area contributed by atoms with Gasteiger partial charge in [-0.3, -0.25) is 4.79 Å². The van der Waals surface area contributed by atoms with Crippen LogP contribution in [0.25, 0.3) is 0 Å². The fraction of sp³-hybridized carbons (Fsp3) is 0.0952. The highest BCUT2D eigenvalue weighted by molar-refractivity contribution is 7.73. The molecule has 132 valence electrons. The third-order valence-corrected chi connectivity index (χ3v) is 6.42. The molecular formula is C21H16F3OP. The van der Waals surface area contributed by atoms with Gasteiger partial charge in [-0.05, 0) is 30.7 Å². The number of hydrogen-bond donors (Lipinski definition) is 0. The smallest absolute Gasteiger partial charge is 0.294 e. The standard InChI is InChI=1S/C21H16F3OP/c22-21(23,24)17-13-11-16(12-14-17)20(25)15-26(18-7-3-1-4-8-18)19-9-5-2-6-10-19/h1-14H,15H2. The van der Waals surface area contributed by atoms with E-state index in [-0.39, 0.29) is 11.9 Å². The topological polar surface area (TPSA) is 17.1 Å². The number of rotatable bonds is 5. The predicted octanol–water partition coefficient (Wildman–Crippen LogP) is 5.02. The second-order valence-corrected chi connectivity index (χ2v) is 7.96. The van der Waals surface area contributed by atoms with Crippen molar-refractivity contribution in [2.45, 2.75) is 6.18 Å². The zero-order chi connectivity index (χ0) is 18.6. The van der Waals surface area contributed by atoms with E-state index in [1.807, 2.05) is 60.7 Å². The van der Waals surface area contributed by atoms with Crippen LogP contribution in [-0.4, -0.2) is 11.9 Å². The maximum Gasteiger partial charge on any atom is 0.416 e. The van der Waals surface area contributed by atoms with Crippen LogP contribution in [0.4, 0.5) is 13.2 Å². The molecule has 0 saturated heterocycles. The average Bonchev–Trinajstić information content (AvgIpc) is 2.67. The van der Waals surface area contributed by atoms with Gasteiger partial charge in [0.1, 0.15) is 0 Å². The molecule has 5 heteroatoms. The maximum absolute atomic E-state index is 12.7. The van der Waals surface area contributed by atoms with Crippen LogP contribution in [0.2, 0.25) is 0 Å². The molecule has 0 spiro atoms. The molecule has 0 N–H and O–H groups in total. The molecule has 0 heterocycles. The van der Waals surface area contributed by atoms with Crippen molar-refractivity contribution in [1.29, 1.82) is 0 Å². The first kappa shape index (κ1) is 18.3. The monoisotopic (exact) mass is 372 g/mol. The zero-order valence-electron chi connectivity index (χ0n) is 13.8. The molecule has 0 radical (unpaired) electrons. The van der Waals surface area contributed by atoms with Gasteiger partial charge in [-0.15, -0.1) is 0 Å². The Balaban J connectivity index is 1.86. The molecule has 3 aromatic carbocycles. The summed E-state index contributed by atoms with van der Waals surface area (Å²) in [4.78, 5) is 12.7. The second-order valence-electron chi connectivity index (χ2n) is 5.76. The number of hydrogen-bond acceptors (Lipinski definition) is 1. The van der Waals surface area contributed by atoms with E-state index in [1.54, 1.807) is 0 Å². The molecule has 0 atom stereocenters. The van der Waals surface area contributed by atoms with Gasteiger partial charge < -0.3 is 0 Å². The van der Waals surface area contributed by atoms with E-state index in [2.05, 4.69) is 0 Å². The van der Waals surface area contributed by atoms with Crippen LogP contribution < -0.4 is 10.6 Å². The molecule has 0 aliphatic carbocycles. The van der Waals surface area contributed by atoms with Gasteiger partial charge in [-0.1, -0.05) is 72.8 Å². The fourth-order valence-corrected chi connectivity index (χ4v) is 4.82. The van der Waals surface area contributed by atoms with E-state index in [0.717, 1.165) is 22.7 Å². The zero-order valence-corrected chi connectivity index (χ0v) is 14.7. The van der Waals surface area contributed by atoms with E-state index < -0.39 is 19.7 Å². The minimum Gasteiger partial charge on any atom is -0.294 e. The number of ketones is 1. The molecule has 0 unspecified atom stereocenters. The summed E-state index contributed by atoms with van der Waals surface area (Å²) in [6.07, 6.45) is -4.14. The molecule has 0 aliphatic rings. The minimum atomic E-state index is -4.40. The number of halogens is 3. The Morgan fingerprint density at radius 2 is 1.19 bits per heavy atom. The molecule has 0 aliphatic heterocycles. The molecule has 0 fully saturated rings. The average molecular weight is 372 g/mol. The van der Waals surface area contributed by atoms with E-state index in [0.29, 0.717) is 5.56 Å². The normalized spacial score (nSPS) is 11.5. The Hall–Kier alpha value is -2.45. The SMILES string of the molecule is O=C(CP(c1ccccc1)c1ccccc1)c1ccc(C(F)(F)F)cc1. The van der Waals surface area contributed by atoms with Gasteiger partial charge in [0.25, 0.3) is 0 Å². The summed E-state index contributed by atoms with van der Waals surface area (Å²) in [6, 6.07) is 23.9. The van der Waals surface area contributed by atoms with Crippen molar-refractivity contribution in [3.05, 3.63) is 96.1 Å². The van der Waals surface area contributed by atoms with Crippen LogP contribution in [-0.2, 0) is 6.18 Å². The fourth-order valence-electron chi connectivity index (χ4n) is 2.63. The molecule has 1 nitrogen and oxygen atoms in total. The maximum atomic E-state index is 12.7. The lowest BCUT2D eigenvalue weighted by Crippen LogP contribution is -2.18. The predicted molar refractivity (Wildman–Crippen MR) is 99.7 cm³/mol. The van der Waals surface area contributed by atoms with Crippen molar-refractivity contribution >= 4 is 24.3 Å². The van der Waals surface area contributed by atoms with Gasteiger partial charge in [0.2, 0.25) is 0 Å². The molecule has 26 heavy (non-hydrogen) atoms. The largest absolute Gasteiger partial charge is 0.416 e.